The second-order valence-corrected chi connectivity index (χ2v) is 7.27. The van der Waals surface area contributed by atoms with Crippen LogP contribution in [-0.4, -0.2) is 41.4 Å². The van der Waals surface area contributed by atoms with Crippen LogP contribution in [0.25, 0.3) is 0 Å². The molecule has 29 heavy (non-hydrogen) atoms. The Bertz CT molecular complexity index is 1050. The molecule has 1 fully saturated rings. The summed E-state index contributed by atoms with van der Waals surface area (Å²) in [5, 5.41) is 10.8. The van der Waals surface area contributed by atoms with Gasteiger partial charge in [0, 0.05) is 10.5 Å². The second kappa shape index (κ2) is 7.32. The smallest absolute Gasteiger partial charge is 0.263 e. The van der Waals surface area contributed by atoms with Gasteiger partial charge in [-0.15, -0.1) is 0 Å². The van der Waals surface area contributed by atoms with Crippen LogP contribution >= 0.6 is 15.9 Å². The lowest BCUT2D eigenvalue weighted by atomic mass is 10.1. The number of anilines is 2. The van der Waals surface area contributed by atoms with Crippen molar-refractivity contribution in [2.45, 2.75) is 12.1 Å². The lowest BCUT2D eigenvalue weighted by Crippen LogP contribution is -2.43. The summed E-state index contributed by atoms with van der Waals surface area (Å²) in [5.74, 6) is -3.39. The molecule has 0 radical (unpaired) electrons. The molecule has 3 amide bonds. The Balaban J connectivity index is 1.49. The van der Waals surface area contributed by atoms with Gasteiger partial charge in [0.15, 0.2) is 12.1 Å². The highest BCUT2D eigenvalue weighted by atomic mass is 79.9. The topological polar surface area (TPSA) is 94.4 Å². The average molecular weight is 464 g/mol. The van der Waals surface area contributed by atoms with E-state index in [-0.39, 0.29) is 5.69 Å². The molecule has 1 saturated heterocycles. The summed E-state index contributed by atoms with van der Waals surface area (Å²) in [4.78, 5) is 38.7. The third kappa shape index (κ3) is 3.48. The summed E-state index contributed by atoms with van der Waals surface area (Å²) in [5.41, 5.74) is 0.0343. The zero-order valence-corrected chi connectivity index (χ0v) is 16.1. The van der Waals surface area contributed by atoms with Crippen molar-refractivity contribution in [3.63, 3.8) is 0 Å². The minimum absolute atomic E-state index is 0.340. The molecule has 2 aromatic rings. The van der Waals surface area contributed by atoms with Crippen LogP contribution in [0.1, 0.15) is 0 Å². The van der Waals surface area contributed by atoms with E-state index in [4.69, 9.17) is 0 Å². The number of benzene rings is 2. The van der Waals surface area contributed by atoms with Gasteiger partial charge in [-0.1, -0.05) is 21.2 Å². The molecule has 11 heteroatoms. The molecule has 0 saturated carbocycles. The molecule has 2 atom stereocenters. The average Bonchev–Trinajstić information content (AvgIpc) is 3.19. The van der Waals surface area contributed by atoms with Crippen molar-refractivity contribution in [1.82, 2.24) is 5.01 Å². The van der Waals surface area contributed by atoms with Crippen LogP contribution in [-0.2, 0) is 14.4 Å². The highest BCUT2D eigenvalue weighted by molar-refractivity contribution is 9.10. The summed E-state index contributed by atoms with van der Waals surface area (Å²) >= 11 is 3.28. The Morgan fingerprint density at radius 3 is 2.55 bits per heavy atom. The maximum atomic E-state index is 13.7. The van der Waals surface area contributed by atoms with Gasteiger partial charge >= 0.3 is 0 Å². The van der Waals surface area contributed by atoms with Crippen LogP contribution in [0, 0.1) is 11.6 Å². The quantitative estimate of drug-likeness (QED) is 0.705. The van der Waals surface area contributed by atoms with Crippen molar-refractivity contribution in [2.24, 2.45) is 10.3 Å². The third-order valence-electron chi connectivity index (χ3n) is 4.45. The lowest BCUT2D eigenvalue weighted by molar-refractivity contribution is -0.123. The first-order valence-electron chi connectivity index (χ1n) is 8.41. The van der Waals surface area contributed by atoms with Gasteiger partial charge in [0.05, 0.1) is 11.4 Å². The molecule has 148 valence electrons. The lowest BCUT2D eigenvalue weighted by Gasteiger charge is -2.20. The molecule has 2 heterocycles. The van der Waals surface area contributed by atoms with E-state index >= 15 is 0 Å². The number of nitrogens with one attached hydrogen (secondary N) is 1. The molecule has 0 aromatic heterocycles. The summed E-state index contributed by atoms with van der Waals surface area (Å²) in [6.07, 6.45) is 0. The monoisotopic (exact) mass is 463 g/mol. The van der Waals surface area contributed by atoms with Gasteiger partial charge in [-0.25, -0.2) is 13.7 Å². The highest BCUT2D eigenvalue weighted by Crippen LogP contribution is 2.32. The van der Waals surface area contributed by atoms with Crippen LogP contribution in [0.5, 0.6) is 0 Å². The fraction of sp³-hybridized carbons (Fsp3) is 0.167. The van der Waals surface area contributed by atoms with E-state index in [2.05, 4.69) is 31.6 Å². The maximum absolute atomic E-state index is 13.7. The molecule has 8 nitrogen and oxygen atoms in total. The van der Waals surface area contributed by atoms with Crippen molar-refractivity contribution >= 4 is 45.0 Å². The van der Waals surface area contributed by atoms with Gasteiger partial charge in [0.2, 0.25) is 5.91 Å². The van der Waals surface area contributed by atoms with Gasteiger partial charge in [-0.2, -0.15) is 5.11 Å². The fourth-order valence-corrected chi connectivity index (χ4v) is 3.39. The van der Waals surface area contributed by atoms with Crippen LogP contribution in [0.4, 0.5) is 20.2 Å². The van der Waals surface area contributed by atoms with Gasteiger partial charge in [-0.3, -0.25) is 19.4 Å². The van der Waals surface area contributed by atoms with E-state index in [1.807, 2.05) is 0 Å². The predicted molar refractivity (Wildman–Crippen MR) is 101 cm³/mol. The molecule has 2 aliphatic rings. The first-order chi connectivity index (χ1) is 13.8. The van der Waals surface area contributed by atoms with Crippen molar-refractivity contribution in [1.29, 1.82) is 0 Å². The Morgan fingerprint density at radius 2 is 1.83 bits per heavy atom. The summed E-state index contributed by atoms with van der Waals surface area (Å²) in [6, 6.07) is 7.06. The predicted octanol–water partition coefficient (Wildman–Crippen LogP) is 2.66. The van der Waals surface area contributed by atoms with Gasteiger partial charge in [-0.05, 0) is 36.4 Å². The number of amides is 3. The highest BCUT2D eigenvalue weighted by Gasteiger charge is 2.55. The van der Waals surface area contributed by atoms with Crippen LogP contribution in [0.2, 0.25) is 0 Å². The molecule has 0 aliphatic carbocycles. The molecule has 2 aromatic carbocycles. The number of nitrogens with zero attached hydrogens (tertiary/aromatic N) is 4. The Kier molecular flexibility index (Phi) is 4.82. The molecule has 0 bridgehead atoms. The van der Waals surface area contributed by atoms with E-state index < -0.39 is 48.0 Å². The number of rotatable bonds is 4. The number of halogens is 3. The Hall–Kier alpha value is -3.21. The van der Waals surface area contributed by atoms with Gasteiger partial charge < -0.3 is 5.32 Å². The number of carbonyl (C=O) groups is 3. The molecule has 0 unspecified atom stereocenters. The molecular weight excluding hydrogens is 452 g/mol. The van der Waals surface area contributed by atoms with Crippen molar-refractivity contribution in [2.75, 3.05) is 16.8 Å². The normalized spacial score (nSPS) is 20.4. The largest absolute Gasteiger partial charge is 0.322 e. The third-order valence-corrected chi connectivity index (χ3v) is 4.98. The maximum Gasteiger partial charge on any atom is 0.263 e. The van der Waals surface area contributed by atoms with Crippen LogP contribution in [0.3, 0.4) is 0 Å². The van der Waals surface area contributed by atoms with Crippen molar-refractivity contribution in [3.05, 3.63) is 58.6 Å². The minimum Gasteiger partial charge on any atom is -0.322 e. The standard InChI is InChI=1S/C18H12BrF2N5O3/c19-9-1-4-11(5-2-9)26-17(28)15-16(18(26)29)25(24-23-15)8-14(27)22-13-7-10(20)3-6-12(13)21/h1-7,15-16H,8H2,(H,22,27)/t15-,16+/m0/s1. The van der Waals surface area contributed by atoms with Gasteiger partial charge in [0.25, 0.3) is 11.8 Å². The summed E-state index contributed by atoms with van der Waals surface area (Å²) < 4.78 is 27.7. The zero-order chi connectivity index (χ0) is 20.7. The SMILES string of the molecule is O=C(CN1N=N[C@@H]2C(=O)N(c3ccc(Br)cc3)C(=O)[C@@H]21)Nc1cc(F)ccc1F. The van der Waals surface area contributed by atoms with Crippen LogP contribution < -0.4 is 10.2 Å². The van der Waals surface area contributed by atoms with E-state index in [1.54, 1.807) is 24.3 Å². The summed E-state index contributed by atoms with van der Waals surface area (Å²) in [7, 11) is 0. The van der Waals surface area contributed by atoms with Crippen molar-refractivity contribution in [3.8, 4) is 0 Å². The van der Waals surface area contributed by atoms with E-state index in [0.29, 0.717) is 5.69 Å². The Labute approximate surface area is 171 Å². The van der Waals surface area contributed by atoms with E-state index in [9.17, 15) is 23.2 Å². The molecule has 4 rings (SSSR count). The molecule has 2 aliphatic heterocycles. The summed E-state index contributed by atoms with van der Waals surface area (Å²) in [6.45, 7) is -0.464. The molecule has 0 spiro atoms. The first-order valence-corrected chi connectivity index (χ1v) is 9.20. The molecular formula is C18H12BrF2N5O3. The van der Waals surface area contributed by atoms with Crippen LogP contribution in [0.15, 0.2) is 57.3 Å². The number of fused-ring (bicyclic) bond motifs is 1. The van der Waals surface area contributed by atoms with E-state index in [0.717, 1.165) is 32.6 Å². The number of hydrogen-bond acceptors (Lipinski definition) is 6. The fourth-order valence-electron chi connectivity index (χ4n) is 3.13. The minimum atomic E-state index is -1.07. The van der Waals surface area contributed by atoms with E-state index in [1.165, 1.54) is 0 Å². The Morgan fingerprint density at radius 1 is 1.10 bits per heavy atom. The zero-order valence-electron chi connectivity index (χ0n) is 14.6. The number of hydrogen-bond donors (Lipinski definition) is 1. The molecule has 1 N–H and O–H groups in total. The second-order valence-electron chi connectivity index (χ2n) is 6.35. The van der Waals surface area contributed by atoms with Crippen molar-refractivity contribution < 1.29 is 23.2 Å². The van der Waals surface area contributed by atoms with Gasteiger partial charge in [0.1, 0.15) is 18.2 Å². The number of carbonyl (C=O) groups excluding carboxylic acids is 3. The number of imide groups is 1. The first kappa shape index (κ1) is 19.1.